The molecule has 0 aromatic rings. The molecule has 0 N–H and O–H groups in total. The molecule has 4 nitrogen and oxygen atoms in total. The third-order valence-electron chi connectivity index (χ3n) is 4.43. The molecular weight excluding hydrogens is 218 g/mol. The summed E-state index contributed by atoms with van der Waals surface area (Å²) in [5, 5.41) is 0. The summed E-state index contributed by atoms with van der Waals surface area (Å²) < 4.78 is 5.41. The highest BCUT2D eigenvalue weighted by Crippen LogP contribution is 2.64. The van der Waals surface area contributed by atoms with E-state index in [0.29, 0.717) is 18.6 Å². The van der Waals surface area contributed by atoms with E-state index in [1.165, 1.54) is 0 Å². The number of carbonyl (C=O) groups is 2. The van der Waals surface area contributed by atoms with Gasteiger partial charge in [-0.1, -0.05) is 0 Å². The van der Waals surface area contributed by atoms with Crippen molar-refractivity contribution >= 4 is 11.9 Å². The molecule has 1 spiro atoms. The Hall–Kier alpha value is -1.06. The fourth-order valence-electron chi connectivity index (χ4n) is 3.71. The van der Waals surface area contributed by atoms with Crippen LogP contribution in [0.2, 0.25) is 0 Å². The van der Waals surface area contributed by atoms with Gasteiger partial charge in [0.05, 0.1) is 6.04 Å². The fourth-order valence-corrected chi connectivity index (χ4v) is 3.71. The van der Waals surface area contributed by atoms with Gasteiger partial charge in [0.2, 0.25) is 0 Å². The second-order valence-corrected chi connectivity index (χ2v) is 6.61. The Bertz CT molecular complexity index is 398. The Labute approximate surface area is 101 Å². The molecule has 3 rings (SSSR count). The van der Waals surface area contributed by atoms with Gasteiger partial charge in [0.25, 0.3) is 0 Å². The fraction of sp³-hybridized carbons (Fsp3) is 0.846. The normalized spacial score (nSPS) is 39.0. The van der Waals surface area contributed by atoms with Crippen LogP contribution in [0.3, 0.4) is 0 Å². The van der Waals surface area contributed by atoms with Crippen LogP contribution in [0.25, 0.3) is 0 Å². The van der Waals surface area contributed by atoms with Crippen LogP contribution >= 0.6 is 0 Å². The first-order chi connectivity index (χ1) is 7.83. The van der Waals surface area contributed by atoms with Crippen molar-refractivity contribution in [3.05, 3.63) is 0 Å². The molecule has 17 heavy (non-hydrogen) atoms. The number of rotatable bonds is 0. The Kier molecular flexibility index (Phi) is 1.97. The predicted molar refractivity (Wildman–Crippen MR) is 61.6 cm³/mol. The van der Waals surface area contributed by atoms with Gasteiger partial charge in [-0.15, -0.1) is 0 Å². The van der Waals surface area contributed by atoms with Crippen molar-refractivity contribution in [2.75, 3.05) is 0 Å². The minimum Gasteiger partial charge on any atom is -0.444 e. The van der Waals surface area contributed by atoms with Crippen LogP contribution in [0.4, 0.5) is 4.79 Å². The molecule has 1 heterocycles. The van der Waals surface area contributed by atoms with E-state index in [0.717, 1.165) is 12.8 Å². The van der Waals surface area contributed by atoms with E-state index < -0.39 is 5.60 Å². The summed E-state index contributed by atoms with van der Waals surface area (Å²) in [5.74, 6) is 0.311. The quantitative estimate of drug-likeness (QED) is 0.648. The largest absolute Gasteiger partial charge is 0.444 e. The molecule has 3 aliphatic rings. The highest BCUT2D eigenvalue weighted by atomic mass is 16.6. The maximum Gasteiger partial charge on any atom is 0.410 e. The molecule has 3 fully saturated rings. The lowest BCUT2D eigenvalue weighted by molar-refractivity contribution is -0.175. The summed E-state index contributed by atoms with van der Waals surface area (Å²) in [6.45, 7) is 5.62. The number of piperidine rings is 1. The molecule has 0 aromatic carbocycles. The van der Waals surface area contributed by atoms with Crippen molar-refractivity contribution in [1.29, 1.82) is 0 Å². The van der Waals surface area contributed by atoms with E-state index in [4.69, 9.17) is 4.74 Å². The van der Waals surface area contributed by atoms with Gasteiger partial charge in [-0.25, -0.2) is 4.79 Å². The molecule has 3 atom stereocenters. The first kappa shape index (κ1) is 11.1. The van der Waals surface area contributed by atoms with E-state index in [1.54, 1.807) is 0 Å². The molecule has 1 saturated heterocycles. The summed E-state index contributed by atoms with van der Waals surface area (Å²) >= 11 is 0. The maximum atomic E-state index is 12.1. The van der Waals surface area contributed by atoms with Crippen LogP contribution in [0.15, 0.2) is 0 Å². The van der Waals surface area contributed by atoms with Crippen LogP contribution in [0.1, 0.15) is 46.5 Å². The highest BCUT2D eigenvalue weighted by Gasteiger charge is 2.71. The van der Waals surface area contributed by atoms with Crippen molar-refractivity contribution in [3.63, 3.8) is 0 Å². The molecular formula is C13H19NO3. The first-order valence-corrected chi connectivity index (χ1v) is 6.36. The smallest absolute Gasteiger partial charge is 0.410 e. The van der Waals surface area contributed by atoms with Crippen LogP contribution < -0.4 is 0 Å². The lowest BCUT2D eigenvalue weighted by Crippen LogP contribution is -2.76. The van der Waals surface area contributed by atoms with Gasteiger partial charge in [0, 0.05) is 24.3 Å². The minimum atomic E-state index is -0.457. The second-order valence-electron chi connectivity index (χ2n) is 6.61. The van der Waals surface area contributed by atoms with Gasteiger partial charge < -0.3 is 9.64 Å². The Morgan fingerprint density at radius 1 is 1.41 bits per heavy atom. The van der Waals surface area contributed by atoms with Gasteiger partial charge in [-0.05, 0) is 33.6 Å². The molecule has 1 aliphatic heterocycles. The van der Waals surface area contributed by atoms with E-state index in [1.807, 2.05) is 25.7 Å². The van der Waals surface area contributed by atoms with Crippen LogP contribution in [-0.4, -0.2) is 34.5 Å². The predicted octanol–water partition coefficient (Wildman–Crippen LogP) is 2.12. The van der Waals surface area contributed by atoms with Gasteiger partial charge in [0.1, 0.15) is 11.4 Å². The van der Waals surface area contributed by atoms with Crippen LogP contribution in [0.5, 0.6) is 0 Å². The van der Waals surface area contributed by atoms with E-state index in [-0.39, 0.29) is 23.6 Å². The number of nitrogens with zero attached hydrogens (tertiary/aromatic N) is 1. The summed E-state index contributed by atoms with van der Waals surface area (Å²) in [4.78, 5) is 25.5. The number of hydrogen-bond donors (Lipinski definition) is 0. The van der Waals surface area contributed by atoms with Crippen LogP contribution in [-0.2, 0) is 9.53 Å². The maximum absolute atomic E-state index is 12.1. The molecule has 2 saturated carbocycles. The number of hydrogen-bond acceptors (Lipinski definition) is 3. The van der Waals surface area contributed by atoms with Crippen molar-refractivity contribution in [3.8, 4) is 0 Å². The van der Waals surface area contributed by atoms with Gasteiger partial charge in [0.15, 0.2) is 0 Å². The number of carbonyl (C=O) groups excluding carboxylic acids is 2. The number of likely N-dealkylation sites (tertiary alicyclic amines) is 1. The van der Waals surface area contributed by atoms with Crippen molar-refractivity contribution in [2.24, 2.45) is 5.41 Å². The summed E-state index contributed by atoms with van der Waals surface area (Å²) in [6, 6.07) is 0.400. The van der Waals surface area contributed by atoms with Crippen molar-refractivity contribution in [1.82, 2.24) is 4.90 Å². The summed E-state index contributed by atoms with van der Waals surface area (Å²) in [5.41, 5.74) is -0.310. The highest BCUT2D eigenvalue weighted by molar-refractivity contribution is 5.86. The Balaban J connectivity index is 1.74. The topological polar surface area (TPSA) is 46.6 Å². The summed E-state index contributed by atoms with van der Waals surface area (Å²) in [6.07, 6.45) is 3.12. The number of ether oxygens (including phenoxy) is 1. The van der Waals surface area contributed by atoms with Crippen molar-refractivity contribution < 1.29 is 14.3 Å². The SMILES string of the molecule is CC(C)(C)OC(=O)N1C2CCC23CC(=O)CC13. The second kappa shape index (κ2) is 3.03. The zero-order chi connectivity index (χ0) is 12.4. The Morgan fingerprint density at radius 3 is 2.65 bits per heavy atom. The minimum absolute atomic E-state index is 0.128. The van der Waals surface area contributed by atoms with E-state index in [9.17, 15) is 9.59 Å². The van der Waals surface area contributed by atoms with Gasteiger partial charge in [-0.3, -0.25) is 4.79 Å². The standard InChI is InChI=1S/C13H19NO3/c1-12(2,3)17-11(16)14-9-4-5-13(9)7-8(15)6-10(13)14/h9-10H,4-7H2,1-3H3. The van der Waals surface area contributed by atoms with E-state index >= 15 is 0 Å². The molecule has 3 unspecified atom stereocenters. The third-order valence-corrected chi connectivity index (χ3v) is 4.43. The summed E-state index contributed by atoms with van der Waals surface area (Å²) in [7, 11) is 0. The van der Waals surface area contributed by atoms with Gasteiger partial charge >= 0.3 is 6.09 Å². The Morgan fingerprint density at radius 2 is 2.12 bits per heavy atom. The van der Waals surface area contributed by atoms with Crippen LogP contribution in [0, 0.1) is 5.41 Å². The number of Topliss-reactive ketones (excluding diaryl/α,β-unsaturated/α-hetero) is 1. The lowest BCUT2D eigenvalue weighted by Gasteiger charge is -2.67. The third kappa shape index (κ3) is 1.36. The zero-order valence-electron chi connectivity index (χ0n) is 10.7. The average molecular weight is 237 g/mol. The number of amides is 1. The molecule has 0 radical (unpaired) electrons. The average Bonchev–Trinajstić information content (AvgIpc) is 2.47. The van der Waals surface area contributed by atoms with Gasteiger partial charge in [-0.2, -0.15) is 0 Å². The first-order valence-electron chi connectivity index (χ1n) is 6.36. The molecule has 0 bridgehead atoms. The van der Waals surface area contributed by atoms with Crippen molar-refractivity contribution in [2.45, 2.75) is 64.1 Å². The lowest BCUT2D eigenvalue weighted by atomic mass is 9.53. The molecule has 0 aromatic heterocycles. The number of ketones is 1. The molecule has 2 aliphatic carbocycles. The molecule has 94 valence electrons. The molecule has 4 heteroatoms. The zero-order valence-corrected chi connectivity index (χ0v) is 10.7. The monoisotopic (exact) mass is 237 g/mol. The van der Waals surface area contributed by atoms with E-state index in [2.05, 4.69) is 0 Å². The molecule has 1 amide bonds.